The van der Waals surface area contributed by atoms with Crippen molar-refractivity contribution in [1.82, 2.24) is 15.6 Å². The molecule has 0 aliphatic carbocycles. The van der Waals surface area contributed by atoms with E-state index in [9.17, 15) is 4.79 Å². The molecule has 3 rings (SSSR count). The highest BCUT2D eigenvalue weighted by atomic mass is 16.1. The highest BCUT2D eigenvalue weighted by molar-refractivity contribution is 5.83. The second kappa shape index (κ2) is 8.87. The molecule has 1 aromatic carbocycles. The summed E-state index contributed by atoms with van der Waals surface area (Å²) in [6, 6.07) is 6.51. The minimum absolute atomic E-state index is 0.0955. The van der Waals surface area contributed by atoms with Crippen molar-refractivity contribution in [1.29, 1.82) is 0 Å². The Morgan fingerprint density at radius 1 is 1.33 bits per heavy atom. The van der Waals surface area contributed by atoms with Crippen LogP contribution < -0.4 is 26.8 Å². The topological polar surface area (TPSA) is 56.9 Å². The Balaban J connectivity index is 1.77. The van der Waals surface area contributed by atoms with Gasteiger partial charge in [-0.1, -0.05) is 42.5 Å². The van der Waals surface area contributed by atoms with Gasteiger partial charge in [-0.2, -0.15) is 0 Å². The molecule has 142 valence electrons. The van der Waals surface area contributed by atoms with Crippen LogP contribution in [0, 0.1) is 6.92 Å². The zero-order valence-corrected chi connectivity index (χ0v) is 16.3. The molecular formula is C23H29N3O. The molecular weight excluding hydrogens is 334 g/mol. The number of fused-ring (bicyclic) bond motifs is 1. The highest BCUT2D eigenvalue weighted by Crippen LogP contribution is 2.10. The first-order chi connectivity index (χ1) is 13.1. The van der Waals surface area contributed by atoms with Crippen molar-refractivity contribution < 1.29 is 0 Å². The molecule has 4 nitrogen and oxygen atoms in total. The second-order valence-corrected chi connectivity index (χ2v) is 7.20. The quantitative estimate of drug-likeness (QED) is 0.692. The van der Waals surface area contributed by atoms with Gasteiger partial charge < -0.3 is 15.6 Å². The third kappa shape index (κ3) is 4.77. The van der Waals surface area contributed by atoms with Crippen LogP contribution in [0.2, 0.25) is 0 Å². The number of benzene rings is 1. The van der Waals surface area contributed by atoms with E-state index in [1.165, 1.54) is 12.8 Å². The van der Waals surface area contributed by atoms with E-state index in [1.807, 2.05) is 38.2 Å². The summed E-state index contributed by atoms with van der Waals surface area (Å²) < 4.78 is 0. The molecule has 0 saturated carbocycles. The molecule has 1 fully saturated rings. The van der Waals surface area contributed by atoms with E-state index in [2.05, 4.69) is 40.4 Å². The molecule has 1 aliphatic rings. The summed E-state index contributed by atoms with van der Waals surface area (Å²) in [5.41, 5.74) is 2.15. The van der Waals surface area contributed by atoms with Crippen molar-refractivity contribution in [3.05, 3.63) is 68.6 Å². The first-order valence-corrected chi connectivity index (χ1v) is 9.70. The van der Waals surface area contributed by atoms with E-state index in [4.69, 9.17) is 0 Å². The summed E-state index contributed by atoms with van der Waals surface area (Å²) in [7, 11) is 0. The van der Waals surface area contributed by atoms with Gasteiger partial charge in [0, 0.05) is 40.3 Å². The Bertz CT molecular complexity index is 1020. The fourth-order valence-corrected chi connectivity index (χ4v) is 3.53. The van der Waals surface area contributed by atoms with Gasteiger partial charge in [-0.05, 0) is 51.1 Å². The van der Waals surface area contributed by atoms with Crippen molar-refractivity contribution in [2.75, 3.05) is 6.54 Å². The van der Waals surface area contributed by atoms with Crippen molar-refractivity contribution in [3.63, 3.8) is 0 Å². The molecule has 1 aromatic heterocycles. The minimum Gasteiger partial charge on any atom is -0.364 e. The summed E-state index contributed by atoms with van der Waals surface area (Å²) in [5, 5.41) is 10.1. The molecule has 1 saturated heterocycles. The number of aromatic amines is 1. The number of aromatic nitrogens is 1. The largest absolute Gasteiger partial charge is 0.364 e. The highest BCUT2D eigenvalue weighted by Gasteiger charge is 2.11. The first-order valence-electron chi connectivity index (χ1n) is 9.70. The lowest BCUT2D eigenvalue weighted by Crippen LogP contribution is -2.35. The monoisotopic (exact) mass is 363 g/mol. The average molecular weight is 364 g/mol. The Hall–Kier alpha value is -2.59. The van der Waals surface area contributed by atoms with Gasteiger partial charge in [-0.25, -0.2) is 0 Å². The van der Waals surface area contributed by atoms with Crippen molar-refractivity contribution in [3.8, 4) is 0 Å². The average Bonchev–Trinajstić information content (AvgIpc) is 3.16. The van der Waals surface area contributed by atoms with Crippen LogP contribution in [0.3, 0.4) is 0 Å². The summed E-state index contributed by atoms with van der Waals surface area (Å²) >= 11 is 0. The molecule has 0 spiro atoms. The van der Waals surface area contributed by atoms with E-state index >= 15 is 0 Å². The van der Waals surface area contributed by atoms with Gasteiger partial charge in [-0.3, -0.25) is 4.79 Å². The molecule has 1 atom stereocenters. The maximum absolute atomic E-state index is 12.2. The molecule has 4 heteroatoms. The van der Waals surface area contributed by atoms with Gasteiger partial charge in [0.05, 0.1) is 0 Å². The lowest BCUT2D eigenvalue weighted by atomic mass is 10.1. The van der Waals surface area contributed by atoms with Crippen LogP contribution in [0.4, 0.5) is 0 Å². The van der Waals surface area contributed by atoms with Gasteiger partial charge in [-0.15, -0.1) is 0 Å². The van der Waals surface area contributed by atoms with Gasteiger partial charge in [0.2, 0.25) is 0 Å². The number of hydrogen-bond acceptors (Lipinski definition) is 3. The van der Waals surface area contributed by atoms with Crippen LogP contribution in [0.5, 0.6) is 0 Å². The maximum Gasteiger partial charge on any atom is 0.256 e. The lowest BCUT2D eigenvalue weighted by molar-refractivity contribution is 0.614. The summed E-state index contributed by atoms with van der Waals surface area (Å²) in [6.07, 6.45) is 13.0. The van der Waals surface area contributed by atoms with Crippen LogP contribution in [-0.4, -0.2) is 17.6 Å². The third-order valence-electron chi connectivity index (χ3n) is 5.14. The number of hydrogen-bond donors (Lipinski definition) is 3. The Morgan fingerprint density at radius 3 is 2.93 bits per heavy atom. The number of rotatable bonds is 6. The number of pyridine rings is 1. The van der Waals surface area contributed by atoms with E-state index in [-0.39, 0.29) is 5.56 Å². The maximum atomic E-state index is 12.2. The molecule has 2 aromatic rings. The standard InChI is InChI=1S/C23H29N3O/c1-4-18(8-5-6-9-19-10-7-13-24-19)25-15-22-17(3)26-23(27)20-12-11-16(2)14-21(20)22/h4-6,11-12,14-15,19,24-25H,3,7-10,13H2,1-2H3,(H,26,27)/b6-5-,18-4+,22-15+. The van der Waals surface area contributed by atoms with E-state index in [0.717, 1.165) is 41.3 Å². The van der Waals surface area contributed by atoms with E-state index in [0.29, 0.717) is 16.8 Å². The molecule has 1 aliphatic heterocycles. The predicted octanol–water partition coefficient (Wildman–Crippen LogP) is 2.57. The third-order valence-corrected chi connectivity index (χ3v) is 5.14. The fourth-order valence-electron chi connectivity index (χ4n) is 3.53. The van der Waals surface area contributed by atoms with Crippen molar-refractivity contribution in [2.45, 2.75) is 45.6 Å². The van der Waals surface area contributed by atoms with E-state index in [1.54, 1.807) is 0 Å². The zero-order valence-electron chi connectivity index (χ0n) is 16.3. The number of allylic oxidation sites excluding steroid dienone is 2. The van der Waals surface area contributed by atoms with Gasteiger partial charge in [0.15, 0.2) is 0 Å². The first kappa shape index (κ1) is 19.2. The van der Waals surface area contributed by atoms with Gasteiger partial charge in [0.1, 0.15) is 0 Å². The Morgan fingerprint density at radius 2 is 2.19 bits per heavy atom. The summed E-state index contributed by atoms with van der Waals surface area (Å²) in [6.45, 7) is 9.23. The SMILES string of the molecule is C=c1[nH]c(=O)c2ccc(C)cc2/c1=C/N/C(=C/C)C/C=C\CC1CCCN1. The fraction of sp³-hybridized carbons (Fsp3) is 0.348. The predicted molar refractivity (Wildman–Crippen MR) is 115 cm³/mol. The van der Waals surface area contributed by atoms with Crippen LogP contribution >= 0.6 is 0 Å². The van der Waals surface area contributed by atoms with Crippen molar-refractivity contribution >= 4 is 23.6 Å². The number of nitrogens with one attached hydrogen (secondary N) is 3. The molecule has 0 bridgehead atoms. The minimum atomic E-state index is -0.0955. The van der Waals surface area contributed by atoms with E-state index < -0.39 is 0 Å². The molecule has 0 radical (unpaired) electrons. The smallest absolute Gasteiger partial charge is 0.256 e. The lowest BCUT2D eigenvalue weighted by Gasteiger charge is -2.07. The van der Waals surface area contributed by atoms with Crippen LogP contribution in [0.1, 0.15) is 38.2 Å². The number of H-pyrrole nitrogens is 1. The number of aryl methyl sites for hydroxylation is 1. The summed E-state index contributed by atoms with van der Waals surface area (Å²) in [5.74, 6) is 0. The van der Waals surface area contributed by atoms with Crippen LogP contribution in [-0.2, 0) is 0 Å². The molecule has 3 N–H and O–H groups in total. The molecule has 27 heavy (non-hydrogen) atoms. The zero-order chi connectivity index (χ0) is 19.2. The Labute approximate surface area is 160 Å². The van der Waals surface area contributed by atoms with Crippen LogP contribution in [0.25, 0.3) is 23.6 Å². The molecule has 2 heterocycles. The second-order valence-electron chi connectivity index (χ2n) is 7.20. The summed E-state index contributed by atoms with van der Waals surface area (Å²) in [4.78, 5) is 15.0. The van der Waals surface area contributed by atoms with Crippen molar-refractivity contribution in [2.24, 2.45) is 0 Å². The molecule has 0 amide bonds. The molecule has 1 unspecified atom stereocenters. The Kier molecular flexibility index (Phi) is 6.30. The van der Waals surface area contributed by atoms with Crippen LogP contribution in [0.15, 0.2) is 46.9 Å². The van der Waals surface area contributed by atoms with Gasteiger partial charge >= 0.3 is 0 Å². The van der Waals surface area contributed by atoms with Gasteiger partial charge in [0.25, 0.3) is 5.56 Å². The normalized spacial score (nSPS) is 18.7.